The molecule has 1 atom stereocenters. The summed E-state index contributed by atoms with van der Waals surface area (Å²) in [5, 5.41) is 12.9. The van der Waals surface area contributed by atoms with Crippen LogP contribution in [-0.2, 0) is 0 Å². The van der Waals surface area contributed by atoms with E-state index in [1.54, 1.807) is 0 Å². The highest BCUT2D eigenvalue weighted by atomic mass is 16.3. The van der Waals surface area contributed by atoms with E-state index in [9.17, 15) is 5.11 Å². The summed E-state index contributed by atoms with van der Waals surface area (Å²) in [6.45, 7) is 6.99. The van der Waals surface area contributed by atoms with E-state index in [-0.39, 0.29) is 6.61 Å². The molecule has 2 aliphatic carbocycles. The van der Waals surface area contributed by atoms with Gasteiger partial charge >= 0.3 is 0 Å². The molecule has 0 amide bonds. The molecule has 1 spiro atoms. The number of aliphatic hydroxyl groups is 1. The van der Waals surface area contributed by atoms with Crippen molar-refractivity contribution in [3.8, 4) is 0 Å². The van der Waals surface area contributed by atoms with Crippen molar-refractivity contribution in [2.45, 2.75) is 65.0 Å². The largest absolute Gasteiger partial charge is 0.395 e. The first-order valence-corrected chi connectivity index (χ1v) is 6.29. The zero-order valence-electron chi connectivity index (χ0n) is 10.3. The number of hydrogen-bond acceptors (Lipinski definition) is 2. The topological polar surface area (TPSA) is 32.3 Å². The fraction of sp³-hybridized carbons (Fsp3) is 1.00. The summed E-state index contributed by atoms with van der Waals surface area (Å²) in [5.41, 5.74) is 1.07. The predicted octanol–water partition coefficient (Wildman–Crippen LogP) is 2.32. The van der Waals surface area contributed by atoms with Crippen LogP contribution in [0.4, 0.5) is 0 Å². The third-order valence-corrected chi connectivity index (χ3v) is 3.87. The molecule has 0 bridgehead atoms. The molecule has 0 aromatic rings. The Balaban J connectivity index is 1.71. The maximum absolute atomic E-state index is 9.34. The van der Waals surface area contributed by atoms with Gasteiger partial charge in [0, 0.05) is 12.1 Å². The van der Waals surface area contributed by atoms with Gasteiger partial charge in [-0.05, 0) is 42.9 Å². The smallest absolute Gasteiger partial charge is 0.0584 e. The third kappa shape index (κ3) is 2.94. The Labute approximate surface area is 93.5 Å². The number of aliphatic hydroxyl groups excluding tert-OH is 1. The Morgan fingerprint density at radius 2 is 1.93 bits per heavy atom. The van der Waals surface area contributed by atoms with Crippen molar-refractivity contribution in [3.63, 3.8) is 0 Å². The lowest BCUT2D eigenvalue weighted by Gasteiger charge is -2.40. The summed E-state index contributed by atoms with van der Waals surface area (Å²) in [5.74, 6) is 0. The molecular formula is C13H25NO. The van der Waals surface area contributed by atoms with Crippen LogP contribution in [0.5, 0.6) is 0 Å². The molecular weight excluding hydrogens is 186 g/mol. The van der Waals surface area contributed by atoms with Gasteiger partial charge in [-0.15, -0.1) is 0 Å². The van der Waals surface area contributed by atoms with Crippen LogP contribution in [-0.4, -0.2) is 23.8 Å². The summed E-state index contributed by atoms with van der Waals surface area (Å²) in [6, 6.07) is 0.984. The molecule has 2 N–H and O–H groups in total. The SMILES string of the molecule is CC(C)(C)C[C@H](CO)NC1CC2(CC2)C1. The van der Waals surface area contributed by atoms with Gasteiger partial charge in [0.15, 0.2) is 0 Å². The van der Waals surface area contributed by atoms with Crippen molar-refractivity contribution in [2.75, 3.05) is 6.61 Å². The highest BCUT2D eigenvalue weighted by Gasteiger charge is 2.52. The molecule has 2 heteroatoms. The normalized spacial score (nSPS) is 26.4. The van der Waals surface area contributed by atoms with E-state index < -0.39 is 0 Å². The lowest BCUT2D eigenvalue weighted by atomic mass is 9.76. The highest BCUT2D eigenvalue weighted by Crippen LogP contribution is 2.60. The molecule has 2 saturated carbocycles. The second kappa shape index (κ2) is 3.74. The fourth-order valence-corrected chi connectivity index (χ4v) is 2.94. The average Bonchev–Trinajstić information content (AvgIpc) is 2.79. The van der Waals surface area contributed by atoms with Gasteiger partial charge in [-0.25, -0.2) is 0 Å². The Morgan fingerprint density at radius 1 is 1.33 bits per heavy atom. The Kier molecular flexibility index (Phi) is 2.85. The molecule has 0 aromatic carbocycles. The Hall–Kier alpha value is -0.0800. The van der Waals surface area contributed by atoms with Gasteiger partial charge in [-0.3, -0.25) is 0 Å². The monoisotopic (exact) mass is 211 g/mol. The quantitative estimate of drug-likeness (QED) is 0.748. The zero-order chi connectivity index (χ0) is 11.1. The fourth-order valence-electron chi connectivity index (χ4n) is 2.94. The van der Waals surface area contributed by atoms with Gasteiger partial charge in [-0.2, -0.15) is 0 Å². The first-order valence-electron chi connectivity index (χ1n) is 6.29. The second-order valence-electron chi connectivity index (χ2n) is 6.92. The van der Waals surface area contributed by atoms with E-state index in [2.05, 4.69) is 26.1 Å². The van der Waals surface area contributed by atoms with Crippen molar-refractivity contribution < 1.29 is 5.11 Å². The van der Waals surface area contributed by atoms with E-state index in [0.717, 1.165) is 11.8 Å². The van der Waals surface area contributed by atoms with Gasteiger partial charge in [-0.1, -0.05) is 20.8 Å². The first-order chi connectivity index (χ1) is 6.92. The van der Waals surface area contributed by atoms with Crippen molar-refractivity contribution in [1.29, 1.82) is 0 Å². The first kappa shape index (κ1) is 11.4. The van der Waals surface area contributed by atoms with Gasteiger partial charge in [0.05, 0.1) is 6.61 Å². The van der Waals surface area contributed by atoms with Crippen LogP contribution in [0, 0.1) is 10.8 Å². The van der Waals surface area contributed by atoms with Gasteiger partial charge < -0.3 is 10.4 Å². The molecule has 2 aliphatic rings. The molecule has 0 aromatic heterocycles. The lowest BCUT2D eigenvalue weighted by Crippen LogP contribution is -2.49. The van der Waals surface area contributed by atoms with Gasteiger partial charge in [0.1, 0.15) is 0 Å². The number of hydrogen-bond donors (Lipinski definition) is 2. The molecule has 0 aliphatic heterocycles. The van der Waals surface area contributed by atoms with Crippen LogP contribution in [0.3, 0.4) is 0 Å². The summed E-state index contributed by atoms with van der Waals surface area (Å²) in [4.78, 5) is 0. The average molecular weight is 211 g/mol. The Bertz CT molecular complexity index is 219. The molecule has 0 saturated heterocycles. The highest BCUT2D eigenvalue weighted by molar-refractivity contribution is 5.07. The molecule has 0 radical (unpaired) electrons. The summed E-state index contributed by atoms with van der Waals surface area (Å²) in [7, 11) is 0. The van der Waals surface area contributed by atoms with E-state index in [1.165, 1.54) is 25.7 Å². The van der Waals surface area contributed by atoms with Crippen LogP contribution in [0.25, 0.3) is 0 Å². The Morgan fingerprint density at radius 3 is 2.33 bits per heavy atom. The van der Waals surface area contributed by atoms with Gasteiger partial charge in [0.2, 0.25) is 0 Å². The summed E-state index contributed by atoms with van der Waals surface area (Å²) in [6.07, 6.45) is 6.68. The van der Waals surface area contributed by atoms with E-state index in [1.807, 2.05) is 0 Å². The van der Waals surface area contributed by atoms with E-state index in [0.29, 0.717) is 17.5 Å². The standard InChI is InChI=1S/C13H25NO/c1-12(2,3)6-11(9-15)14-10-7-13(8-10)4-5-13/h10-11,14-15H,4-9H2,1-3H3/t11-/m1/s1. The summed E-state index contributed by atoms with van der Waals surface area (Å²) < 4.78 is 0. The molecule has 15 heavy (non-hydrogen) atoms. The predicted molar refractivity (Wildman–Crippen MR) is 62.8 cm³/mol. The summed E-state index contributed by atoms with van der Waals surface area (Å²) >= 11 is 0. The van der Waals surface area contributed by atoms with Crippen molar-refractivity contribution in [1.82, 2.24) is 5.32 Å². The van der Waals surface area contributed by atoms with Crippen LogP contribution in [0.2, 0.25) is 0 Å². The van der Waals surface area contributed by atoms with Crippen molar-refractivity contribution >= 4 is 0 Å². The maximum atomic E-state index is 9.34. The van der Waals surface area contributed by atoms with E-state index >= 15 is 0 Å². The zero-order valence-corrected chi connectivity index (χ0v) is 10.3. The molecule has 2 rings (SSSR count). The number of nitrogens with one attached hydrogen (secondary N) is 1. The molecule has 2 nitrogen and oxygen atoms in total. The number of rotatable bonds is 4. The van der Waals surface area contributed by atoms with Crippen LogP contribution >= 0.6 is 0 Å². The minimum absolute atomic E-state index is 0.279. The molecule has 0 heterocycles. The third-order valence-electron chi connectivity index (χ3n) is 3.87. The van der Waals surface area contributed by atoms with Crippen LogP contribution < -0.4 is 5.32 Å². The van der Waals surface area contributed by atoms with Crippen LogP contribution in [0.1, 0.15) is 52.9 Å². The van der Waals surface area contributed by atoms with E-state index in [4.69, 9.17) is 0 Å². The molecule has 0 unspecified atom stereocenters. The molecule has 2 fully saturated rings. The van der Waals surface area contributed by atoms with Crippen molar-refractivity contribution in [2.24, 2.45) is 10.8 Å². The lowest BCUT2D eigenvalue weighted by molar-refractivity contribution is 0.134. The minimum atomic E-state index is 0.279. The van der Waals surface area contributed by atoms with Gasteiger partial charge in [0.25, 0.3) is 0 Å². The second-order valence-corrected chi connectivity index (χ2v) is 6.92. The van der Waals surface area contributed by atoms with Crippen molar-refractivity contribution in [3.05, 3.63) is 0 Å². The maximum Gasteiger partial charge on any atom is 0.0584 e. The molecule has 88 valence electrons. The van der Waals surface area contributed by atoms with Crippen LogP contribution in [0.15, 0.2) is 0 Å². The minimum Gasteiger partial charge on any atom is -0.395 e.